The van der Waals surface area contributed by atoms with Crippen LogP contribution >= 0.6 is 0 Å². The minimum absolute atomic E-state index is 0.192. The Balaban J connectivity index is 1.52. The Labute approximate surface area is 208 Å². The molecule has 2 heterocycles. The molecule has 2 aromatic carbocycles. The van der Waals surface area contributed by atoms with Crippen molar-refractivity contribution in [2.24, 2.45) is 0 Å². The molecule has 186 valence electrons. The van der Waals surface area contributed by atoms with E-state index in [1.165, 1.54) is 24.9 Å². The fourth-order valence-corrected chi connectivity index (χ4v) is 5.49. The standard InChI is InChI=1S/C26H34N6O2S/c1-19-18-27-25(29-20-10-8-12-22(16-20)32-14-6-5-7-15-32)30-24(19)28-21-11-9-13-23(17-21)35(33,34)31-26(2,3)4/h8-13,16-18,31H,5-7,14-15H2,1-4H3,(H2,27,28,29,30). The first-order valence-electron chi connectivity index (χ1n) is 12.0. The Kier molecular flexibility index (Phi) is 7.28. The second-order valence-corrected chi connectivity index (χ2v) is 11.6. The maximum Gasteiger partial charge on any atom is 0.241 e. The lowest BCUT2D eigenvalue weighted by Crippen LogP contribution is -2.40. The molecule has 0 amide bonds. The second-order valence-electron chi connectivity index (χ2n) is 9.96. The Hall–Kier alpha value is -3.17. The van der Waals surface area contributed by atoms with Gasteiger partial charge in [-0.25, -0.2) is 18.1 Å². The van der Waals surface area contributed by atoms with Crippen molar-refractivity contribution in [2.45, 2.75) is 57.4 Å². The smallest absolute Gasteiger partial charge is 0.241 e. The van der Waals surface area contributed by atoms with E-state index in [1.54, 1.807) is 24.4 Å². The van der Waals surface area contributed by atoms with Gasteiger partial charge in [-0.3, -0.25) is 0 Å². The summed E-state index contributed by atoms with van der Waals surface area (Å²) in [4.78, 5) is 11.7. The van der Waals surface area contributed by atoms with Crippen molar-refractivity contribution in [3.63, 3.8) is 0 Å². The van der Waals surface area contributed by atoms with Crippen LogP contribution in [0.4, 0.5) is 28.8 Å². The first-order chi connectivity index (χ1) is 16.6. The largest absolute Gasteiger partial charge is 0.371 e. The summed E-state index contributed by atoms with van der Waals surface area (Å²) in [6, 6.07) is 15.0. The summed E-state index contributed by atoms with van der Waals surface area (Å²) in [6.45, 7) is 9.51. The minimum Gasteiger partial charge on any atom is -0.371 e. The van der Waals surface area contributed by atoms with Crippen molar-refractivity contribution < 1.29 is 8.42 Å². The van der Waals surface area contributed by atoms with Crippen molar-refractivity contribution >= 4 is 38.9 Å². The van der Waals surface area contributed by atoms with Crippen LogP contribution in [0, 0.1) is 6.92 Å². The van der Waals surface area contributed by atoms with E-state index < -0.39 is 15.6 Å². The van der Waals surface area contributed by atoms with Crippen molar-refractivity contribution in [3.8, 4) is 0 Å². The molecule has 0 aliphatic carbocycles. The summed E-state index contributed by atoms with van der Waals surface area (Å²) in [5.74, 6) is 1.07. The van der Waals surface area contributed by atoms with E-state index in [-0.39, 0.29) is 4.90 Å². The molecule has 3 aromatic rings. The highest BCUT2D eigenvalue weighted by atomic mass is 32.2. The third-order valence-electron chi connectivity index (χ3n) is 5.64. The number of sulfonamides is 1. The highest BCUT2D eigenvalue weighted by molar-refractivity contribution is 7.89. The normalized spacial score (nSPS) is 14.6. The number of benzene rings is 2. The summed E-state index contributed by atoms with van der Waals surface area (Å²) >= 11 is 0. The van der Waals surface area contributed by atoms with E-state index >= 15 is 0 Å². The minimum atomic E-state index is -3.64. The zero-order valence-electron chi connectivity index (χ0n) is 20.8. The van der Waals surface area contributed by atoms with E-state index in [0.29, 0.717) is 17.5 Å². The van der Waals surface area contributed by atoms with Crippen LogP contribution in [0.15, 0.2) is 59.6 Å². The number of nitrogens with zero attached hydrogens (tertiary/aromatic N) is 3. The first kappa shape index (κ1) is 24.9. The Morgan fingerprint density at radius 2 is 1.60 bits per heavy atom. The highest BCUT2D eigenvalue weighted by Gasteiger charge is 2.22. The van der Waals surface area contributed by atoms with Gasteiger partial charge in [0.15, 0.2) is 0 Å². The number of hydrogen-bond acceptors (Lipinski definition) is 7. The highest BCUT2D eigenvalue weighted by Crippen LogP contribution is 2.26. The Morgan fingerprint density at radius 1 is 0.914 bits per heavy atom. The number of aromatic nitrogens is 2. The van der Waals surface area contributed by atoms with E-state index in [1.807, 2.05) is 45.9 Å². The van der Waals surface area contributed by atoms with E-state index in [9.17, 15) is 8.42 Å². The Morgan fingerprint density at radius 3 is 2.31 bits per heavy atom. The summed E-state index contributed by atoms with van der Waals surface area (Å²) < 4.78 is 28.2. The van der Waals surface area contributed by atoms with Gasteiger partial charge >= 0.3 is 0 Å². The maximum absolute atomic E-state index is 12.7. The fourth-order valence-electron chi connectivity index (χ4n) is 4.03. The van der Waals surface area contributed by atoms with E-state index in [4.69, 9.17) is 0 Å². The molecule has 0 unspecified atom stereocenters. The lowest BCUT2D eigenvalue weighted by molar-refractivity contribution is 0.491. The van der Waals surface area contributed by atoms with Crippen molar-refractivity contribution in [2.75, 3.05) is 28.6 Å². The zero-order chi connectivity index (χ0) is 25.1. The van der Waals surface area contributed by atoms with Crippen LogP contribution in [-0.2, 0) is 10.0 Å². The van der Waals surface area contributed by atoms with Gasteiger partial charge in [-0.1, -0.05) is 12.1 Å². The SMILES string of the molecule is Cc1cnc(Nc2cccc(N3CCCCC3)c2)nc1Nc1cccc(S(=O)(=O)NC(C)(C)C)c1. The monoisotopic (exact) mass is 494 g/mol. The predicted molar refractivity (Wildman–Crippen MR) is 142 cm³/mol. The lowest BCUT2D eigenvalue weighted by Gasteiger charge is -2.29. The van der Waals surface area contributed by atoms with E-state index in [2.05, 4.69) is 42.4 Å². The van der Waals surface area contributed by atoms with Crippen LogP contribution in [0.5, 0.6) is 0 Å². The first-order valence-corrected chi connectivity index (χ1v) is 13.4. The molecule has 0 spiro atoms. The van der Waals surface area contributed by atoms with Gasteiger partial charge in [-0.15, -0.1) is 0 Å². The molecule has 8 nitrogen and oxygen atoms in total. The van der Waals surface area contributed by atoms with Gasteiger partial charge in [0.2, 0.25) is 16.0 Å². The number of nitrogens with one attached hydrogen (secondary N) is 3. The fraction of sp³-hybridized carbons (Fsp3) is 0.385. The lowest BCUT2D eigenvalue weighted by atomic mass is 10.1. The molecule has 1 aliphatic rings. The van der Waals surface area contributed by atoms with Crippen molar-refractivity contribution in [1.82, 2.24) is 14.7 Å². The molecule has 35 heavy (non-hydrogen) atoms. The van der Waals surface area contributed by atoms with Crippen LogP contribution in [-0.4, -0.2) is 37.0 Å². The summed E-state index contributed by atoms with van der Waals surface area (Å²) in [5, 5.41) is 6.55. The van der Waals surface area contributed by atoms with Gasteiger partial charge in [0.05, 0.1) is 4.90 Å². The number of piperidine rings is 1. The number of aryl methyl sites for hydroxylation is 1. The van der Waals surface area contributed by atoms with Gasteiger partial charge in [0.1, 0.15) is 5.82 Å². The predicted octanol–water partition coefficient (Wildman–Crippen LogP) is 5.34. The molecule has 1 aliphatic heterocycles. The van der Waals surface area contributed by atoms with Crippen LogP contribution in [0.2, 0.25) is 0 Å². The van der Waals surface area contributed by atoms with Crippen LogP contribution in [0.1, 0.15) is 45.6 Å². The van der Waals surface area contributed by atoms with Crippen LogP contribution in [0.25, 0.3) is 0 Å². The van der Waals surface area contributed by atoms with Gasteiger partial charge in [-0.05, 0) is 83.4 Å². The third-order valence-corrected chi connectivity index (χ3v) is 7.40. The molecule has 9 heteroatoms. The van der Waals surface area contributed by atoms with Crippen LogP contribution < -0.4 is 20.3 Å². The molecule has 3 N–H and O–H groups in total. The molecule has 0 radical (unpaired) electrons. The van der Waals surface area contributed by atoms with Gasteiger partial charge in [0, 0.05) is 47.5 Å². The Bertz CT molecular complexity index is 1280. The van der Waals surface area contributed by atoms with E-state index in [0.717, 1.165) is 24.3 Å². The van der Waals surface area contributed by atoms with Crippen molar-refractivity contribution in [1.29, 1.82) is 0 Å². The molecule has 0 bridgehead atoms. The quantitative estimate of drug-likeness (QED) is 0.408. The molecular formula is C26H34N6O2S. The number of hydrogen-bond donors (Lipinski definition) is 3. The van der Waals surface area contributed by atoms with Crippen molar-refractivity contribution in [3.05, 3.63) is 60.3 Å². The molecule has 1 fully saturated rings. The van der Waals surface area contributed by atoms with Crippen LogP contribution in [0.3, 0.4) is 0 Å². The average Bonchev–Trinajstić information content (AvgIpc) is 2.81. The third kappa shape index (κ3) is 6.70. The molecule has 0 atom stereocenters. The maximum atomic E-state index is 12.7. The number of anilines is 5. The average molecular weight is 495 g/mol. The summed E-state index contributed by atoms with van der Waals surface area (Å²) in [7, 11) is -3.64. The topological polar surface area (TPSA) is 99.2 Å². The molecule has 1 saturated heterocycles. The van der Waals surface area contributed by atoms with Gasteiger partial charge in [-0.2, -0.15) is 4.98 Å². The molecule has 0 saturated carbocycles. The molecule has 1 aromatic heterocycles. The molecular weight excluding hydrogens is 460 g/mol. The van der Waals surface area contributed by atoms with Gasteiger partial charge < -0.3 is 15.5 Å². The second kappa shape index (κ2) is 10.2. The molecule has 4 rings (SSSR count). The summed E-state index contributed by atoms with van der Waals surface area (Å²) in [5.41, 5.74) is 3.02. The summed E-state index contributed by atoms with van der Waals surface area (Å²) in [6.07, 6.45) is 5.49. The van der Waals surface area contributed by atoms with Gasteiger partial charge in [0.25, 0.3) is 0 Å². The zero-order valence-corrected chi connectivity index (χ0v) is 21.6. The number of rotatable bonds is 7.